The smallest absolute Gasteiger partial charge is 0.404 e. The molecule has 2 aliphatic carbocycles. The van der Waals surface area contributed by atoms with Crippen LogP contribution < -0.4 is 27.5 Å². The van der Waals surface area contributed by atoms with Crippen molar-refractivity contribution in [2.24, 2.45) is 5.73 Å². The SMILES string of the molecule is COc1c(-c2cc3c(s2)CCCC3C(N)C(F)(F)F)c(F)c(N)c2c(=O)[nH]c(=O)n(C3CC3)c12. The Labute approximate surface area is 194 Å². The van der Waals surface area contributed by atoms with Crippen LogP contribution in [0.15, 0.2) is 15.7 Å². The van der Waals surface area contributed by atoms with Crippen LogP contribution in [0, 0.1) is 5.82 Å². The molecule has 2 unspecified atom stereocenters. The first-order valence-corrected chi connectivity index (χ1v) is 11.6. The number of thiophene rings is 1. The van der Waals surface area contributed by atoms with Gasteiger partial charge in [-0.1, -0.05) is 0 Å². The predicted octanol–water partition coefficient (Wildman–Crippen LogP) is 3.79. The number of halogens is 4. The van der Waals surface area contributed by atoms with Gasteiger partial charge in [0.2, 0.25) is 0 Å². The number of ether oxygens (including phenoxy) is 1. The maximum atomic E-state index is 15.7. The summed E-state index contributed by atoms with van der Waals surface area (Å²) in [6.07, 6.45) is -1.85. The van der Waals surface area contributed by atoms with Gasteiger partial charge in [0.1, 0.15) is 11.6 Å². The molecule has 34 heavy (non-hydrogen) atoms. The summed E-state index contributed by atoms with van der Waals surface area (Å²) in [5.41, 5.74) is 10.1. The van der Waals surface area contributed by atoms with E-state index in [1.165, 1.54) is 17.7 Å². The summed E-state index contributed by atoms with van der Waals surface area (Å²) < 4.78 is 62.7. The minimum absolute atomic E-state index is 0.0490. The van der Waals surface area contributed by atoms with Gasteiger partial charge in [0.05, 0.1) is 23.7 Å². The molecule has 0 radical (unpaired) electrons. The van der Waals surface area contributed by atoms with Crippen LogP contribution in [-0.2, 0) is 6.42 Å². The number of aromatic nitrogens is 2. The van der Waals surface area contributed by atoms with Crippen molar-refractivity contribution >= 4 is 27.9 Å². The number of nitrogens with zero attached hydrogens (tertiary/aromatic N) is 1. The molecule has 1 saturated carbocycles. The average Bonchev–Trinajstić information content (AvgIpc) is 3.51. The fourth-order valence-corrected chi connectivity index (χ4v) is 6.21. The Bertz CT molecular complexity index is 1420. The number of aryl methyl sites for hydroxylation is 1. The molecule has 5 N–H and O–H groups in total. The normalized spacial score (nSPS) is 19.3. The molecular formula is C22H22F4N4O3S. The van der Waals surface area contributed by atoms with Crippen molar-refractivity contribution < 1.29 is 22.3 Å². The average molecular weight is 499 g/mol. The molecule has 1 fully saturated rings. The third kappa shape index (κ3) is 3.42. The number of aromatic amines is 1. The van der Waals surface area contributed by atoms with Gasteiger partial charge < -0.3 is 16.2 Å². The molecule has 182 valence electrons. The van der Waals surface area contributed by atoms with E-state index in [1.54, 1.807) is 0 Å². The summed E-state index contributed by atoms with van der Waals surface area (Å²) in [5.74, 6) is -1.92. The van der Waals surface area contributed by atoms with Crippen LogP contribution in [0.25, 0.3) is 21.3 Å². The van der Waals surface area contributed by atoms with Crippen molar-refractivity contribution in [3.05, 3.63) is 43.2 Å². The number of nitrogen functional groups attached to an aromatic ring is 1. The number of nitrogens with one attached hydrogen (secondary N) is 1. The van der Waals surface area contributed by atoms with E-state index in [4.69, 9.17) is 16.2 Å². The van der Waals surface area contributed by atoms with Gasteiger partial charge in [0.25, 0.3) is 5.56 Å². The fraction of sp³-hybridized carbons (Fsp3) is 0.455. The van der Waals surface area contributed by atoms with Crippen LogP contribution in [-0.4, -0.2) is 28.9 Å². The van der Waals surface area contributed by atoms with Gasteiger partial charge in [-0.3, -0.25) is 14.3 Å². The molecular weight excluding hydrogens is 476 g/mol. The second-order valence-electron chi connectivity index (χ2n) is 8.78. The molecule has 1 aromatic carbocycles. The Morgan fingerprint density at radius 2 is 1.97 bits per heavy atom. The summed E-state index contributed by atoms with van der Waals surface area (Å²) in [6, 6.07) is -0.723. The van der Waals surface area contributed by atoms with Crippen LogP contribution in [0.1, 0.15) is 48.1 Å². The van der Waals surface area contributed by atoms with Gasteiger partial charge in [-0.15, -0.1) is 11.3 Å². The van der Waals surface area contributed by atoms with Crippen LogP contribution >= 0.6 is 11.3 Å². The first-order chi connectivity index (χ1) is 16.0. The Balaban J connectivity index is 1.79. The molecule has 2 aromatic heterocycles. The van der Waals surface area contributed by atoms with Crippen molar-refractivity contribution in [1.29, 1.82) is 0 Å². The maximum absolute atomic E-state index is 15.7. The number of hydrogen-bond donors (Lipinski definition) is 3. The van der Waals surface area contributed by atoms with Gasteiger partial charge in [-0.2, -0.15) is 13.2 Å². The largest absolute Gasteiger partial charge is 0.494 e. The second-order valence-corrected chi connectivity index (χ2v) is 9.91. The van der Waals surface area contributed by atoms with E-state index >= 15 is 4.39 Å². The molecule has 0 bridgehead atoms. The van der Waals surface area contributed by atoms with Crippen LogP contribution in [0.3, 0.4) is 0 Å². The number of alkyl halides is 3. The van der Waals surface area contributed by atoms with E-state index in [0.29, 0.717) is 41.0 Å². The third-order valence-corrected chi connectivity index (χ3v) is 7.87. The summed E-state index contributed by atoms with van der Waals surface area (Å²) >= 11 is 1.15. The summed E-state index contributed by atoms with van der Waals surface area (Å²) in [6.45, 7) is 0. The van der Waals surface area contributed by atoms with Crippen molar-refractivity contribution in [2.45, 2.75) is 56.3 Å². The van der Waals surface area contributed by atoms with Crippen LogP contribution in [0.2, 0.25) is 0 Å². The highest BCUT2D eigenvalue weighted by molar-refractivity contribution is 7.15. The van der Waals surface area contributed by atoms with E-state index in [9.17, 15) is 22.8 Å². The predicted molar refractivity (Wildman–Crippen MR) is 121 cm³/mol. The van der Waals surface area contributed by atoms with Crippen LogP contribution in [0.5, 0.6) is 5.75 Å². The van der Waals surface area contributed by atoms with E-state index < -0.39 is 40.9 Å². The molecule has 2 aliphatic rings. The molecule has 0 spiro atoms. The van der Waals surface area contributed by atoms with Gasteiger partial charge >= 0.3 is 11.9 Å². The third-order valence-electron chi connectivity index (χ3n) is 6.65. The first-order valence-electron chi connectivity index (χ1n) is 10.8. The maximum Gasteiger partial charge on any atom is 0.404 e. The Morgan fingerprint density at radius 1 is 1.26 bits per heavy atom. The summed E-state index contributed by atoms with van der Waals surface area (Å²) in [7, 11) is 1.28. The molecule has 3 aromatic rings. The van der Waals surface area contributed by atoms with E-state index in [-0.39, 0.29) is 34.7 Å². The standard InChI is InChI=1S/C22H22F4N4O3S/c1-33-18-13(12-7-10-9(19(28)22(24,25)26)3-2-4-11(10)34-12)15(23)16(27)14-17(18)30(8-5-6-8)21(32)29-20(14)31/h7-9,19H,2-6,27-28H2,1H3,(H,29,31,32). The lowest BCUT2D eigenvalue weighted by atomic mass is 9.82. The molecule has 2 atom stereocenters. The molecule has 2 heterocycles. The molecule has 0 amide bonds. The molecule has 0 saturated heterocycles. The highest BCUT2D eigenvalue weighted by atomic mass is 32.1. The monoisotopic (exact) mass is 498 g/mol. The quantitative estimate of drug-likeness (QED) is 0.374. The highest BCUT2D eigenvalue weighted by Crippen LogP contribution is 2.50. The highest BCUT2D eigenvalue weighted by Gasteiger charge is 2.44. The first kappa shape index (κ1) is 22.9. The van der Waals surface area contributed by atoms with E-state index in [1.807, 2.05) is 0 Å². The second kappa shape index (κ2) is 7.84. The minimum Gasteiger partial charge on any atom is -0.494 e. The Morgan fingerprint density at radius 3 is 2.59 bits per heavy atom. The topological polar surface area (TPSA) is 116 Å². The number of H-pyrrole nitrogens is 1. The zero-order valence-electron chi connectivity index (χ0n) is 18.1. The van der Waals surface area contributed by atoms with E-state index in [2.05, 4.69) is 4.98 Å². The van der Waals surface area contributed by atoms with Gasteiger partial charge in [0, 0.05) is 21.7 Å². The molecule has 7 nitrogen and oxygen atoms in total. The molecule has 5 rings (SSSR count). The number of benzene rings is 1. The van der Waals surface area contributed by atoms with Crippen molar-refractivity contribution in [3.63, 3.8) is 0 Å². The fourth-order valence-electron chi connectivity index (χ4n) is 4.90. The van der Waals surface area contributed by atoms with Gasteiger partial charge in [0.15, 0.2) is 11.6 Å². The summed E-state index contributed by atoms with van der Waals surface area (Å²) in [4.78, 5) is 28.4. The minimum atomic E-state index is -4.57. The lowest BCUT2D eigenvalue weighted by Crippen LogP contribution is -2.43. The zero-order valence-corrected chi connectivity index (χ0v) is 18.9. The Hall–Kier alpha value is -2.86. The number of fused-ring (bicyclic) bond motifs is 2. The Kier molecular flexibility index (Phi) is 5.28. The van der Waals surface area contributed by atoms with E-state index in [0.717, 1.165) is 11.3 Å². The molecule has 0 aliphatic heterocycles. The lowest BCUT2D eigenvalue weighted by Gasteiger charge is -2.29. The van der Waals surface area contributed by atoms with Gasteiger partial charge in [-0.05, 0) is 43.7 Å². The van der Waals surface area contributed by atoms with Gasteiger partial charge in [-0.25, -0.2) is 9.18 Å². The number of nitrogens with two attached hydrogens (primary N) is 2. The van der Waals surface area contributed by atoms with Crippen LogP contribution in [0.4, 0.5) is 23.2 Å². The zero-order chi connectivity index (χ0) is 24.5. The van der Waals surface area contributed by atoms with Crippen molar-refractivity contribution in [1.82, 2.24) is 9.55 Å². The lowest BCUT2D eigenvalue weighted by molar-refractivity contribution is -0.153. The molecule has 12 heteroatoms. The number of hydrogen-bond acceptors (Lipinski definition) is 6. The number of rotatable bonds is 4. The van der Waals surface area contributed by atoms with Crippen molar-refractivity contribution in [2.75, 3.05) is 12.8 Å². The summed E-state index contributed by atoms with van der Waals surface area (Å²) in [5, 5.41) is -0.192. The number of methoxy groups -OCH3 is 1. The number of anilines is 1. The van der Waals surface area contributed by atoms with Crippen molar-refractivity contribution in [3.8, 4) is 16.2 Å².